The number of furan rings is 1. The van der Waals surface area contributed by atoms with Crippen LogP contribution in [-0.2, 0) is 20.7 Å². The van der Waals surface area contributed by atoms with Gasteiger partial charge in [0.05, 0.1) is 35.4 Å². The summed E-state index contributed by atoms with van der Waals surface area (Å²) in [6.07, 6.45) is 4.03. The average Bonchev–Trinajstić information content (AvgIpc) is 3.36. The summed E-state index contributed by atoms with van der Waals surface area (Å²) < 4.78 is 9.90. The molecule has 0 spiro atoms. The molecule has 2 amide bonds. The predicted molar refractivity (Wildman–Crippen MR) is 117 cm³/mol. The maximum Gasteiger partial charge on any atom is 0.328 e. The number of hydrogen-bond acceptors (Lipinski definition) is 9. The molecule has 166 valence electrons. The van der Waals surface area contributed by atoms with Crippen LogP contribution in [0.3, 0.4) is 0 Å². The Morgan fingerprint density at radius 3 is 2.81 bits per heavy atom. The number of thiazole rings is 1. The standard InChI is InChI=1S/C20H23N3O6S2/c1-10-12(4-6-29-10)18(26)23-20-22-14-8-11(9-15(24)16(14)31-20)17(25)21-13(5-7-30-3)19(27)28-2/h4,6,11,13H,5,7-9H2,1-3H3,(H,21,25)(H,22,23,26)/t11-,13+/m1/s1. The lowest BCUT2D eigenvalue weighted by molar-refractivity contribution is -0.145. The van der Waals surface area contributed by atoms with E-state index in [2.05, 4.69) is 15.6 Å². The van der Waals surface area contributed by atoms with Crippen molar-refractivity contribution in [2.75, 3.05) is 24.4 Å². The summed E-state index contributed by atoms with van der Waals surface area (Å²) in [6.45, 7) is 1.68. The molecular weight excluding hydrogens is 442 g/mol. The van der Waals surface area contributed by atoms with Gasteiger partial charge in [-0.05, 0) is 31.4 Å². The van der Waals surface area contributed by atoms with Gasteiger partial charge in [-0.3, -0.25) is 19.7 Å². The number of nitrogens with zero attached hydrogens (tertiary/aromatic N) is 1. The first-order chi connectivity index (χ1) is 14.8. The number of methoxy groups -OCH3 is 1. The van der Waals surface area contributed by atoms with E-state index < -0.39 is 17.9 Å². The summed E-state index contributed by atoms with van der Waals surface area (Å²) in [5.41, 5.74) is 0.857. The number of amides is 2. The van der Waals surface area contributed by atoms with Crippen molar-refractivity contribution in [2.45, 2.75) is 32.2 Å². The summed E-state index contributed by atoms with van der Waals surface area (Å²) in [5, 5.41) is 5.67. The third-order valence-corrected chi connectivity index (χ3v) is 6.63. The van der Waals surface area contributed by atoms with E-state index in [1.807, 2.05) is 6.26 Å². The molecule has 2 N–H and O–H groups in total. The molecule has 0 bridgehead atoms. The number of nitrogens with one attached hydrogen (secondary N) is 2. The third-order valence-electron chi connectivity index (χ3n) is 4.93. The Morgan fingerprint density at radius 2 is 2.16 bits per heavy atom. The summed E-state index contributed by atoms with van der Waals surface area (Å²) in [4.78, 5) is 54.5. The molecule has 11 heteroatoms. The van der Waals surface area contributed by atoms with Crippen molar-refractivity contribution in [3.8, 4) is 0 Å². The number of aromatic nitrogens is 1. The average molecular weight is 466 g/mol. The molecule has 1 aliphatic rings. The molecule has 0 fully saturated rings. The monoisotopic (exact) mass is 465 g/mol. The number of Topliss-reactive ketones (excluding diaryl/α,β-unsaturated/α-hetero) is 1. The molecule has 0 unspecified atom stereocenters. The number of esters is 1. The Balaban J connectivity index is 1.69. The van der Waals surface area contributed by atoms with E-state index in [0.29, 0.717) is 34.1 Å². The molecule has 0 radical (unpaired) electrons. The highest BCUT2D eigenvalue weighted by Gasteiger charge is 2.35. The number of carbonyl (C=O) groups is 4. The lowest BCUT2D eigenvalue weighted by Crippen LogP contribution is -2.46. The van der Waals surface area contributed by atoms with Gasteiger partial charge in [0.15, 0.2) is 10.9 Å². The summed E-state index contributed by atoms with van der Waals surface area (Å²) in [7, 11) is 1.27. The fourth-order valence-electron chi connectivity index (χ4n) is 3.27. The minimum Gasteiger partial charge on any atom is -0.469 e. The molecule has 0 aliphatic heterocycles. The van der Waals surface area contributed by atoms with Gasteiger partial charge in [-0.25, -0.2) is 9.78 Å². The van der Waals surface area contributed by atoms with Crippen LogP contribution in [0.1, 0.15) is 44.3 Å². The van der Waals surface area contributed by atoms with Crippen LogP contribution in [0.2, 0.25) is 0 Å². The van der Waals surface area contributed by atoms with Gasteiger partial charge in [0.25, 0.3) is 5.91 Å². The number of fused-ring (bicyclic) bond motifs is 1. The maximum absolute atomic E-state index is 12.7. The van der Waals surface area contributed by atoms with Gasteiger partial charge in [0.1, 0.15) is 11.8 Å². The first kappa shape index (κ1) is 23.0. The molecule has 0 saturated carbocycles. The van der Waals surface area contributed by atoms with Crippen LogP contribution in [0.25, 0.3) is 0 Å². The molecule has 2 aromatic rings. The number of hydrogen-bond donors (Lipinski definition) is 2. The highest BCUT2D eigenvalue weighted by atomic mass is 32.2. The number of anilines is 1. The SMILES string of the molecule is COC(=O)[C@H](CCSC)NC(=O)[C@H]1CC(=O)c2sc(NC(=O)c3ccoc3C)nc2C1. The zero-order valence-electron chi connectivity index (χ0n) is 17.4. The van der Waals surface area contributed by atoms with Gasteiger partial charge in [-0.2, -0.15) is 11.8 Å². The maximum atomic E-state index is 12.7. The summed E-state index contributed by atoms with van der Waals surface area (Å²) in [6, 6.07) is 0.795. The summed E-state index contributed by atoms with van der Waals surface area (Å²) >= 11 is 2.65. The van der Waals surface area contributed by atoms with E-state index >= 15 is 0 Å². The lowest BCUT2D eigenvalue weighted by atomic mass is 9.89. The number of ether oxygens (including phenoxy) is 1. The molecule has 31 heavy (non-hydrogen) atoms. The van der Waals surface area contributed by atoms with Crippen LogP contribution in [-0.4, -0.2) is 53.7 Å². The van der Waals surface area contributed by atoms with Crippen LogP contribution in [0.5, 0.6) is 0 Å². The van der Waals surface area contributed by atoms with E-state index in [1.165, 1.54) is 13.4 Å². The number of thioether (sulfide) groups is 1. The van der Waals surface area contributed by atoms with Crippen molar-refractivity contribution in [2.24, 2.45) is 5.92 Å². The third kappa shape index (κ3) is 5.34. The first-order valence-corrected chi connectivity index (χ1v) is 11.8. The minimum atomic E-state index is -0.759. The van der Waals surface area contributed by atoms with Crippen molar-refractivity contribution in [1.82, 2.24) is 10.3 Å². The number of rotatable bonds is 8. The molecule has 3 rings (SSSR count). The van der Waals surface area contributed by atoms with Crippen molar-refractivity contribution < 1.29 is 28.3 Å². The van der Waals surface area contributed by atoms with E-state index in [9.17, 15) is 19.2 Å². The van der Waals surface area contributed by atoms with Gasteiger partial charge in [0, 0.05) is 12.8 Å². The Bertz CT molecular complexity index is 999. The fourth-order valence-corrected chi connectivity index (χ4v) is 4.68. The fraction of sp³-hybridized carbons (Fsp3) is 0.450. The Hall–Kier alpha value is -2.66. The van der Waals surface area contributed by atoms with Crippen LogP contribution < -0.4 is 10.6 Å². The molecular formula is C20H23N3O6S2. The molecule has 2 heterocycles. The molecule has 0 saturated heterocycles. The van der Waals surface area contributed by atoms with Gasteiger partial charge < -0.3 is 14.5 Å². The van der Waals surface area contributed by atoms with Crippen LogP contribution in [0, 0.1) is 12.8 Å². The number of aryl methyl sites for hydroxylation is 1. The van der Waals surface area contributed by atoms with Crippen LogP contribution >= 0.6 is 23.1 Å². The second-order valence-electron chi connectivity index (χ2n) is 7.03. The van der Waals surface area contributed by atoms with Gasteiger partial charge >= 0.3 is 5.97 Å². The van der Waals surface area contributed by atoms with Crippen molar-refractivity contribution in [3.05, 3.63) is 34.2 Å². The molecule has 0 aromatic carbocycles. The largest absolute Gasteiger partial charge is 0.469 e. The quantitative estimate of drug-likeness (QED) is 0.569. The van der Waals surface area contributed by atoms with Gasteiger partial charge in [-0.15, -0.1) is 0 Å². The van der Waals surface area contributed by atoms with Gasteiger partial charge in [0.2, 0.25) is 5.91 Å². The van der Waals surface area contributed by atoms with Crippen molar-refractivity contribution >= 4 is 51.8 Å². The van der Waals surface area contributed by atoms with Gasteiger partial charge in [-0.1, -0.05) is 11.3 Å². The van der Waals surface area contributed by atoms with E-state index in [4.69, 9.17) is 9.15 Å². The predicted octanol–water partition coefficient (Wildman–Crippen LogP) is 2.45. The van der Waals surface area contributed by atoms with Crippen LogP contribution in [0.4, 0.5) is 5.13 Å². The number of carbonyl (C=O) groups excluding carboxylic acids is 4. The molecule has 1 aliphatic carbocycles. The second-order valence-corrected chi connectivity index (χ2v) is 9.02. The summed E-state index contributed by atoms with van der Waals surface area (Å²) in [5.74, 6) is -0.969. The van der Waals surface area contributed by atoms with Crippen molar-refractivity contribution in [3.63, 3.8) is 0 Å². The van der Waals surface area contributed by atoms with Crippen molar-refractivity contribution in [1.29, 1.82) is 0 Å². The highest BCUT2D eigenvalue weighted by Crippen LogP contribution is 2.32. The van der Waals surface area contributed by atoms with Crippen LogP contribution in [0.15, 0.2) is 16.7 Å². The molecule has 2 atom stereocenters. The minimum absolute atomic E-state index is 0.0195. The second kappa shape index (κ2) is 10.1. The van der Waals surface area contributed by atoms with E-state index in [0.717, 1.165) is 11.3 Å². The lowest BCUT2D eigenvalue weighted by Gasteiger charge is -2.22. The Labute approximate surface area is 187 Å². The topological polar surface area (TPSA) is 128 Å². The zero-order chi connectivity index (χ0) is 22.5. The zero-order valence-corrected chi connectivity index (χ0v) is 19.0. The Morgan fingerprint density at radius 1 is 1.39 bits per heavy atom. The van der Waals surface area contributed by atoms with E-state index in [-0.39, 0.29) is 35.6 Å². The smallest absolute Gasteiger partial charge is 0.328 e. The normalized spacial score (nSPS) is 16.4. The van der Waals surface area contributed by atoms with E-state index in [1.54, 1.807) is 24.8 Å². The molecule has 9 nitrogen and oxygen atoms in total. The first-order valence-electron chi connectivity index (χ1n) is 9.59. The molecule has 2 aromatic heterocycles. The highest BCUT2D eigenvalue weighted by molar-refractivity contribution is 7.98. The number of ketones is 1. The Kier molecular flexibility index (Phi) is 7.50.